The van der Waals surface area contributed by atoms with Gasteiger partial charge in [0.25, 0.3) is 5.91 Å². The smallest absolute Gasteiger partial charge is 0.396 e. The number of aliphatic hydroxyl groups is 2. The van der Waals surface area contributed by atoms with Crippen LogP contribution in [0.2, 0.25) is 5.02 Å². The maximum atomic E-state index is 12.7. The summed E-state index contributed by atoms with van der Waals surface area (Å²) in [6, 6.07) is 3.04. The summed E-state index contributed by atoms with van der Waals surface area (Å²) in [6.07, 6.45) is -3.52. The van der Waals surface area contributed by atoms with Crippen molar-refractivity contribution in [1.29, 1.82) is 0 Å². The molecular weight excluding hydrogens is 413 g/mol. The van der Waals surface area contributed by atoms with Gasteiger partial charge in [0, 0.05) is 13.2 Å². The van der Waals surface area contributed by atoms with Crippen molar-refractivity contribution in [3.05, 3.63) is 23.2 Å². The first-order valence-corrected chi connectivity index (χ1v) is 9.69. The van der Waals surface area contributed by atoms with Crippen LogP contribution in [0.25, 0.3) is 0 Å². The molecule has 0 aliphatic heterocycles. The average molecular weight is 433 g/mol. The summed E-state index contributed by atoms with van der Waals surface area (Å²) in [7, 11) is -3.91. The number of nitrogens with one attached hydrogen (secondary N) is 2. The van der Waals surface area contributed by atoms with Crippen molar-refractivity contribution < 1.29 is 36.6 Å². The highest BCUT2D eigenvalue weighted by Crippen LogP contribution is 2.32. The molecule has 154 valence electrons. The van der Waals surface area contributed by atoms with Gasteiger partial charge in [-0.1, -0.05) is 11.6 Å². The van der Waals surface area contributed by atoms with Crippen LogP contribution in [0, 0.1) is 0 Å². The molecule has 1 atom stereocenters. The largest absolute Gasteiger partial charge is 0.426 e. The molecule has 1 aromatic rings. The molecule has 27 heavy (non-hydrogen) atoms. The molecule has 1 rings (SSSR count). The van der Waals surface area contributed by atoms with E-state index < -0.39 is 27.7 Å². The maximum absolute atomic E-state index is 12.7. The van der Waals surface area contributed by atoms with Crippen molar-refractivity contribution in [2.75, 3.05) is 18.5 Å². The van der Waals surface area contributed by atoms with Crippen LogP contribution >= 0.6 is 11.6 Å². The van der Waals surface area contributed by atoms with E-state index in [1.165, 1.54) is 0 Å². The fourth-order valence-electron chi connectivity index (χ4n) is 1.84. The van der Waals surface area contributed by atoms with E-state index in [9.17, 15) is 31.5 Å². The fourth-order valence-corrected chi connectivity index (χ4v) is 3.23. The minimum absolute atomic E-state index is 0.0107. The molecule has 0 aromatic heterocycles. The van der Waals surface area contributed by atoms with Crippen LogP contribution in [-0.2, 0) is 14.8 Å². The first kappa shape index (κ1) is 23.6. The Labute approximate surface area is 159 Å². The number of anilines is 1. The van der Waals surface area contributed by atoms with Crippen LogP contribution in [0.3, 0.4) is 0 Å². The lowest BCUT2D eigenvalue weighted by Gasteiger charge is -2.25. The zero-order valence-corrected chi connectivity index (χ0v) is 15.9. The standard InChI is InChI=1S/C15H20ClF3N2O5S/c1-14(24,15(17,18)19)13(23)21-12-6-5-10(9-11(12)16)27(25,26)20-7-3-2-4-8-22/h5-6,9,20,22,24H,2-4,7-8H2,1H3,(H,21,23). The van der Waals surface area contributed by atoms with Crippen molar-refractivity contribution in [2.45, 2.75) is 42.9 Å². The van der Waals surface area contributed by atoms with E-state index in [0.717, 1.165) is 18.2 Å². The average Bonchev–Trinajstić information content (AvgIpc) is 2.55. The summed E-state index contributed by atoms with van der Waals surface area (Å²) >= 11 is 5.85. The fraction of sp³-hybridized carbons (Fsp3) is 0.533. The molecule has 0 saturated carbocycles. The first-order chi connectivity index (χ1) is 12.3. The second-order valence-electron chi connectivity index (χ2n) is 5.85. The van der Waals surface area contributed by atoms with Gasteiger partial charge in [-0.15, -0.1) is 0 Å². The van der Waals surface area contributed by atoms with Gasteiger partial charge in [-0.05, 0) is 44.4 Å². The molecule has 0 aliphatic carbocycles. The molecule has 12 heteroatoms. The Morgan fingerprint density at radius 3 is 2.37 bits per heavy atom. The normalized spacial score (nSPS) is 14.6. The Morgan fingerprint density at radius 1 is 1.22 bits per heavy atom. The van der Waals surface area contributed by atoms with E-state index >= 15 is 0 Å². The van der Waals surface area contributed by atoms with Crippen LogP contribution < -0.4 is 10.0 Å². The second-order valence-corrected chi connectivity index (χ2v) is 8.02. The lowest BCUT2D eigenvalue weighted by Crippen LogP contribution is -2.52. The van der Waals surface area contributed by atoms with Crippen LogP contribution in [0.5, 0.6) is 0 Å². The number of amides is 1. The zero-order chi connectivity index (χ0) is 20.9. The number of benzene rings is 1. The summed E-state index contributed by atoms with van der Waals surface area (Å²) in [4.78, 5) is 11.4. The quantitative estimate of drug-likeness (QED) is 0.446. The van der Waals surface area contributed by atoms with E-state index in [1.54, 1.807) is 0 Å². The number of carbonyl (C=O) groups is 1. The monoisotopic (exact) mass is 432 g/mol. The predicted molar refractivity (Wildman–Crippen MR) is 92.9 cm³/mol. The van der Waals surface area contributed by atoms with Crippen molar-refractivity contribution in [3.63, 3.8) is 0 Å². The molecule has 0 radical (unpaired) electrons. The number of aliphatic hydroxyl groups excluding tert-OH is 1. The van der Waals surface area contributed by atoms with E-state index in [-0.39, 0.29) is 35.7 Å². The number of carbonyl (C=O) groups excluding carboxylic acids is 1. The minimum atomic E-state index is -5.20. The number of rotatable bonds is 9. The molecule has 0 aliphatic rings. The Kier molecular flexibility index (Phi) is 8.05. The van der Waals surface area contributed by atoms with Crippen LogP contribution in [0.4, 0.5) is 18.9 Å². The van der Waals surface area contributed by atoms with Gasteiger partial charge in [-0.25, -0.2) is 13.1 Å². The molecule has 4 N–H and O–H groups in total. The third-order valence-corrected chi connectivity index (χ3v) is 5.39. The Morgan fingerprint density at radius 2 is 1.85 bits per heavy atom. The summed E-state index contributed by atoms with van der Waals surface area (Å²) in [5.41, 5.74) is -3.93. The van der Waals surface area contributed by atoms with Crippen molar-refractivity contribution in [1.82, 2.24) is 4.72 Å². The van der Waals surface area contributed by atoms with Gasteiger partial charge in [0.1, 0.15) is 0 Å². The van der Waals surface area contributed by atoms with Crippen LogP contribution in [0.1, 0.15) is 26.2 Å². The Bertz CT molecular complexity index is 769. The third-order valence-electron chi connectivity index (χ3n) is 3.62. The topological polar surface area (TPSA) is 116 Å². The zero-order valence-electron chi connectivity index (χ0n) is 14.3. The first-order valence-electron chi connectivity index (χ1n) is 7.83. The van der Waals surface area contributed by atoms with Gasteiger partial charge in [-0.2, -0.15) is 13.2 Å². The van der Waals surface area contributed by atoms with Gasteiger partial charge in [0.2, 0.25) is 15.6 Å². The summed E-state index contributed by atoms with van der Waals surface area (Å²) in [5.74, 6) is -1.76. The number of unbranched alkanes of at least 4 members (excludes halogenated alkanes) is 2. The van der Waals surface area contributed by atoms with E-state index in [0.29, 0.717) is 19.3 Å². The number of hydrogen-bond donors (Lipinski definition) is 4. The van der Waals surface area contributed by atoms with Gasteiger partial charge in [0.15, 0.2) is 0 Å². The summed E-state index contributed by atoms with van der Waals surface area (Å²) in [5, 5.41) is 19.5. The highest BCUT2D eigenvalue weighted by Gasteiger charge is 2.55. The predicted octanol–water partition coefficient (Wildman–Crippen LogP) is 2.03. The van der Waals surface area contributed by atoms with Gasteiger partial charge >= 0.3 is 6.18 Å². The van der Waals surface area contributed by atoms with Crippen molar-refractivity contribution in [2.24, 2.45) is 0 Å². The van der Waals surface area contributed by atoms with Crippen LogP contribution in [0.15, 0.2) is 23.1 Å². The van der Waals surface area contributed by atoms with E-state index in [2.05, 4.69) is 4.72 Å². The maximum Gasteiger partial charge on any atom is 0.426 e. The summed E-state index contributed by atoms with van der Waals surface area (Å²) in [6.45, 7) is 0.430. The Hall–Kier alpha value is -1.40. The lowest BCUT2D eigenvalue weighted by molar-refractivity contribution is -0.242. The molecule has 1 aromatic carbocycles. The molecule has 7 nitrogen and oxygen atoms in total. The molecule has 1 amide bonds. The van der Waals surface area contributed by atoms with Crippen molar-refractivity contribution >= 4 is 33.2 Å². The summed E-state index contributed by atoms with van der Waals surface area (Å²) < 4.78 is 64.6. The van der Waals surface area contributed by atoms with E-state index in [1.807, 2.05) is 5.32 Å². The van der Waals surface area contributed by atoms with Gasteiger partial charge < -0.3 is 15.5 Å². The third kappa shape index (κ3) is 6.32. The molecule has 1 unspecified atom stereocenters. The second kappa shape index (κ2) is 9.20. The molecule has 0 fully saturated rings. The Balaban J connectivity index is 2.86. The number of alkyl halides is 3. The highest BCUT2D eigenvalue weighted by molar-refractivity contribution is 7.89. The molecule has 0 heterocycles. The highest BCUT2D eigenvalue weighted by atomic mass is 35.5. The lowest BCUT2D eigenvalue weighted by atomic mass is 10.1. The van der Waals surface area contributed by atoms with Gasteiger partial charge in [0.05, 0.1) is 15.6 Å². The SMILES string of the molecule is CC(O)(C(=O)Nc1ccc(S(=O)(=O)NCCCCCO)cc1Cl)C(F)(F)F. The molecule has 0 spiro atoms. The van der Waals surface area contributed by atoms with Crippen LogP contribution in [-0.4, -0.2) is 49.5 Å². The molecule has 0 saturated heterocycles. The molecule has 0 bridgehead atoms. The minimum Gasteiger partial charge on any atom is -0.396 e. The van der Waals surface area contributed by atoms with E-state index in [4.69, 9.17) is 16.7 Å². The number of hydrogen-bond acceptors (Lipinski definition) is 5. The number of halogens is 4. The molecular formula is C15H20ClF3N2O5S. The number of sulfonamides is 1. The van der Waals surface area contributed by atoms with Gasteiger partial charge in [-0.3, -0.25) is 4.79 Å². The van der Waals surface area contributed by atoms with Crippen molar-refractivity contribution in [3.8, 4) is 0 Å².